The molecule has 1 aromatic carbocycles. The number of tetrazole rings is 1. The Labute approximate surface area is 138 Å². The molecule has 9 heteroatoms. The summed E-state index contributed by atoms with van der Waals surface area (Å²) in [5.41, 5.74) is 0.898. The molecular weight excluding hydrogens is 310 g/mol. The Kier molecular flexibility index (Phi) is 4.50. The number of benzene rings is 1. The van der Waals surface area contributed by atoms with Gasteiger partial charge in [0.25, 0.3) is 0 Å². The Bertz CT molecular complexity index is 796. The van der Waals surface area contributed by atoms with Gasteiger partial charge in [0.2, 0.25) is 5.91 Å². The zero-order chi connectivity index (χ0) is 16.9. The van der Waals surface area contributed by atoms with Crippen LogP contribution in [0.3, 0.4) is 0 Å². The van der Waals surface area contributed by atoms with Crippen molar-refractivity contribution in [3.05, 3.63) is 54.4 Å². The minimum absolute atomic E-state index is 0.0318. The first-order chi connectivity index (χ1) is 11.7. The summed E-state index contributed by atoms with van der Waals surface area (Å²) in [6.45, 7) is 0.0318. The van der Waals surface area contributed by atoms with E-state index in [1.807, 2.05) is 42.1 Å². The van der Waals surface area contributed by atoms with Gasteiger partial charge < -0.3 is 14.6 Å². The van der Waals surface area contributed by atoms with Gasteiger partial charge in [-0.05, 0) is 28.1 Å². The van der Waals surface area contributed by atoms with E-state index in [9.17, 15) is 4.79 Å². The SMILES string of the molecule is COc1ccc(C(NC(=O)Cn2cnnn2)c2nccn2C)cc1. The zero-order valence-corrected chi connectivity index (χ0v) is 13.3. The second-order valence-electron chi connectivity index (χ2n) is 5.18. The molecule has 0 saturated heterocycles. The van der Waals surface area contributed by atoms with Crippen LogP contribution in [0.15, 0.2) is 43.0 Å². The van der Waals surface area contributed by atoms with Crippen molar-refractivity contribution in [2.75, 3.05) is 7.11 Å². The lowest BCUT2D eigenvalue weighted by Crippen LogP contribution is -2.33. The summed E-state index contributed by atoms with van der Waals surface area (Å²) in [6.07, 6.45) is 4.92. The normalized spacial score (nSPS) is 11.9. The molecule has 0 aliphatic rings. The van der Waals surface area contributed by atoms with Crippen LogP contribution in [0, 0.1) is 0 Å². The summed E-state index contributed by atoms with van der Waals surface area (Å²) < 4.78 is 8.41. The van der Waals surface area contributed by atoms with E-state index < -0.39 is 0 Å². The van der Waals surface area contributed by atoms with Gasteiger partial charge in [0, 0.05) is 19.4 Å². The van der Waals surface area contributed by atoms with Gasteiger partial charge in [-0.15, -0.1) is 5.10 Å². The largest absolute Gasteiger partial charge is 0.497 e. The number of aryl methyl sites for hydroxylation is 1. The Balaban J connectivity index is 1.84. The number of aromatic nitrogens is 6. The van der Waals surface area contributed by atoms with Crippen LogP contribution in [-0.2, 0) is 18.4 Å². The molecule has 3 aromatic rings. The summed E-state index contributed by atoms with van der Waals surface area (Å²) in [4.78, 5) is 16.7. The molecule has 0 radical (unpaired) electrons. The van der Waals surface area contributed by atoms with E-state index in [1.54, 1.807) is 13.3 Å². The van der Waals surface area contributed by atoms with Crippen molar-refractivity contribution in [1.82, 2.24) is 35.1 Å². The predicted molar refractivity (Wildman–Crippen MR) is 84.0 cm³/mol. The average Bonchev–Trinajstić information content (AvgIpc) is 3.24. The summed E-state index contributed by atoms with van der Waals surface area (Å²) in [7, 11) is 3.49. The summed E-state index contributed by atoms with van der Waals surface area (Å²) in [6, 6.07) is 7.10. The monoisotopic (exact) mass is 327 g/mol. The van der Waals surface area contributed by atoms with Crippen LogP contribution in [0.25, 0.3) is 0 Å². The Morgan fingerprint density at radius 2 is 2.12 bits per heavy atom. The zero-order valence-electron chi connectivity index (χ0n) is 13.3. The number of carbonyl (C=O) groups is 1. The molecule has 9 nitrogen and oxygen atoms in total. The number of hydrogen-bond acceptors (Lipinski definition) is 6. The summed E-state index contributed by atoms with van der Waals surface area (Å²) in [5, 5.41) is 13.7. The molecule has 24 heavy (non-hydrogen) atoms. The fourth-order valence-corrected chi connectivity index (χ4v) is 2.36. The number of hydrogen-bond donors (Lipinski definition) is 1. The molecule has 3 rings (SSSR count). The van der Waals surface area contributed by atoms with E-state index in [0.29, 0.717) is 0 Å². The third-order valence-corrected chi connectivity index (χ3v) is 3.57. The van der Waals surface area contributed by atoms with E-state index in [-0.39, 0.29) is 18.5 Å². The Morgan fingerprint density at radius 1 is 1.33 bits per heavy atom. The maximum atomic E-state index is 12.3. The highest BCUT2D eigenvalue weighted by Crippen LogP contribution is 2.22. The Hall–Kier alpha value is -3.23. The third-order valence-electron chi connectivity index (χ3n) is 3.57. The molecule has 0 spiro atoms. The van der Waals surface area contributed by atoms with Gasteiger partial charge in [-0.25, -0.2) is 9.67 Å². The highest BCUT2D eigenvalue weighted by atomic mass is 16.5. The number of imidazole rings is 1. The average molecular weight is 327 g/mol. The van der Waals surface area contributed by atoms with Crippen LogP contribution in [0.5, 0.6) is 5.75 Å². The van der Waals surface area contributed by atoms with Crippen LogP contribution in [0.1, 0.15) is 17.4 Å². The summed E-state index contributed by atoms with van der Waals surface area (Å²) >= 11 is 0. The molecule has 1 unspecified atom stereocenters. The smallest absolute Gasteiger partial charge is 0.242 e. The van der Waals surface area contributed by atoms with E-state index >= 15 is 0 Å². The summed E-state index contributed by atoms with van der Waals surface area (Å²) in [5.74, 6) is 1.26. The van der Waals surface area contributed by atoms with Gasteiger partial charge in [0.05, 0.1) is 7.11 Å². The van der Waals surface area contributed by atoms with Crippen molar-refractivity contribution in [3.8, 4) is 5.75 Å². The van der Waals surface area contributed by atoms with E-state index in [0.717, 1.165) is 17.1 Å². The van der Waals surface area contributed by atoms with E-state index in [1.165, 1.54) is 11.0 Å². The number of rotatable bonds is 6. The minimum Gasteiger partial charge on any atom is -0.497 e. The molecule has 0 saturated carbocycles. The fraction of sp³-hybridized carbons (Fsp3) is 0.267. The molecule has 0 aliphatic carbocycles. The fourth-order valence-electron chi connectivity index (χ4n) is 2.36. The lowest BCUT2D eigenvalue weighted by molar-refractivity contribution is -0.122. The Morgan fingerprint density at radius 3 is 2.71 bits per heavy atom. The second kappa shape index (κ2) is 6.90. The standard InChI is InChI=1S/C15H17N7O2/c1-21-8-7-16-15(21)14(11-3-5-12(24-2)6-4-11)18-13(23)9-22-10-17-19-20-22/h3-8,10,14H,9H2,1-2H3,(H,18,23). The highest BCUT2D eigenvalue weighted by molar-refractivity contribution is 5.76. The first kappa shape index (κ1) is 15.7. The first-order valence-electron chi connectivity index (χ1n) is 7.28. The minimum atomic E-state index is -0.389. The third kappa shape index (κ3) is 3.40. The maximum Gasteiger partial charge on any atom is 0.242 e. The van der Waals surface area contributed by atoms with Crippen molar-refractivity contribution in [1.29, 1.82) is 0 Å². The molecule has 124 valence electrons. The van der Waals surface area contributed by atoms with Gasteiger partial charge in [-0.1, -0.05) is 12.1 Å². The molecule has 1 N–H and O–H groups in total. The van der Waals surface area contributed by atoms with Gasteiger partial charge in [-0.3, -0.25) is 4.79 Å². The van der Waals surface area contributed by atoms with Crippen LogP contribution in [0.4, 0.5) is 0 Å². The van der Waals surface area contributed by atoms with Crippen molar-refractivity contribution >= 4 is 5.91 Å². The van der Waals surface area contributed by atoms with Crippen LogP contribution in [0.2, 0.25) is 0 Å². The number of ether oxygens (including phenoxy) is 1. The van der Waals surface area contributed by atoms with Gasteiger partial charge >= 0.3 is 0 Å². The van der Waals surface area contributed by atoms with Crippen LogP contribution < -0.4 is 10.1 Å². The first-order valence-corrected chi connectivity index (χ1v) is 7.28. The number of nitrogens with zero attached hydrogens (tertiary/aromatic N) is 6. The van der Waals surface area contributed by atoms with Crippen LogP contribution >= 0.6 is 0 Å². The second-order valence-corrected chi connectivity index (χ2v) is 5.18. The lowest BCUT2D eigenvalue weighted by Gasteiger charge is -2.19. The van der Waals surface area contributed by atoms with Gasteiger partial charge in [0.1, 0.15) is 30.5 Å². The quantitative estimate of drug-likeness (QED) is 0.700. The van der Waals surface area contributed by atoms with Crippen molar-refractivity contribution in [2.45, 2.75) is 12.6 Å². The maximum absolute atomic E-state index is 12.3. The molecule has 0 fully saturated rings. The molecule has 2 heterocycles. The van der Waals surface area contributed by atoms with Crippen molar-refractivity contribution in [2.24, 2.45) is 7.05 Å². The van der Waals surface area contributed by atoms with Crippen LogP contribution in [-0.4, -0.2) is 42.8 Å². The molecule has 1 amide bonds. The number of carbonyl (C=O) groups excluding carboxylic acids is 1. The molecular formula is C15H17N7O2. The van der Waals surface area contributed by atoms with Crippen molar-refractivity contribution in [3.63, 3.8) is 0 Å². The van der Waals surface area contributed by atoms with Crippen molar-refractivity contribution < 1.29 is 9.53 Å². The molecule has 1 atom stereocenters. The molecule has 2 aromatic heterocycles. The van der Waals surface area contributed by atoms with E-state index in [2.05, 4.69) is 25.8 Å². The molecule has 0 bridgehead atoms. The highest BCUT2D eigenvalue weighted by Gasteiger charge is 2.21. The van der Waals surface area contributed by atoms with E-state index in [4.69, 9.17) is 4.74 Å². The lowest BCUT2D eigenvalue weighted by atomic mass is 10.1. The number of amides is 1. The van der Waals surface area contributed by atoms with Gasteiger partial charge in [0.15, 0.2) is 0 Å². The predicted octanol–water partition coefficient (Wildman–Crippen LogP) is 0.321. The number of nitrogens with one attached hydrogen (secondary N) is 1. The topological polar surface area (TPSA) is 99.8 Å². The van der Waals surface area contributed by atoms with Gasteiger partial charge in [-0.2, -0.15) is 0 Å². The molecule has 0 aliphatic heterocycles. The number of methoxy groups -OCH3 is 1.